The molecule has 2 unspecified atom stereocenters. The molecule has 1 aliphatic rings. The summed E-state index contributed by atoms with van der Waals surface area (Å²) in [6.07, 6.45) is 0. The quantitative estimate of drug-likeness (QED) is 0.387. The normalized spacial score (nSPS) is 44.1. The third-order valence-electron chi connectivity index (χ3n) is 4.16. The van der Waals surface area contributed by atoms with E-state index in [1.54, 1.807) is 0 Å². The van der Waals surface area contributed by atoms with Gasteiger partial charge in [0.1, 0.15) is 6.04 Å². The fourth-order valence-electron chi connectivity index (χ4n) is 2.31. The monoisotopic (exact) mass is 142 g/mol. The van der Waals surface area contributed by atoms with Gasteiger partial charge in [-0.05, 0) is 13.8 Å². The molecule has 1 aliphatic heterocycles. The lowest BCUT2D eigenvalue weighted by molar-refractivity contribution is -0.799. The lowest BCUT2D eigenvalue weighted by Gasteiger charge is -2.17. The van der Waals surface area contributed by atoms with Gasteiger partial charge in [-0.25, -0.2) is 0 Å². The number of nitrogens with zero attached hydrogens (tertiary/aromatic N) is 1. The standard InChI is InChI=1S/C9H20N/c1-7(2)9(4)8(3)10(9,5)6/h7-8H,1-6H3/q+1. The Hall–Kier alpha value is -0.0400. The van der Waals surface area contributed by atoms with E-state index < -0.39 is 0 Å². The van der Waals surface area contributed by atoms with Gasteiger partial charge in [-0.15, -0.1) is 0 Å². The Morgan fingerprint density at radius 2 is 1.60 bits per heavy atom. The Kier molecular flexibility index (Phi) is 1.42. The Labute approximate surface area is 64.6 Å². The highest BCUT2D eigenvalue weighted by Crippen LogP contribution is 2.51. The van der Waals surface area contributed by atoms with Crippen LogP contribution in [0.3, 0.4) is 0 Å². The van der Waals surface area contributed by atoms with Gasteiger partial charge in [0.25, 0.3) is 0 Å². The molecule has 60 valence electrons. The molecular formula is C9H20N+. The highest BCUT2D eigenvalue weighted by Gasteiger charge is 2.69. The molecule has 1 nitrogen and oxygen atoms in total. The molecule has 0 radical (unpaired) electrons. The molecule has 0 aromatic rings. The SMILES string of the molecule is CC(C)C1(C)C(C)[N+]1(C)C. The summed E-state index contributed by atoms with van der Waals surface area (Å²) in [6.45, 7) is 9.38. The lowest BCUT2D eigenvalue weighted by Crippen LogP contribution is -2.29. The van der Waals surface area contributed by atoms with Gasteiger partial charge in [0.15, 0.2) is 5.54 Å². The molecule has 0 aromatic heterocycles. The van der Waals surface area contributed by atoms with Crippen LogP contribution >= 0.6 is 0 Å². The first-order chi connectivity index (χ1) is 4.35. The van der Waals surface area contributed by atoms with E-state index in [0.29, 0.717) is 5.54 Å². The molecule has 0 N–H and O–H groups in total. The second kappa shape index (κ2) is 1.76. The first-order valence-corrected chi connectivity index (χ1v) is 4.19. The van der Waals surface area contributed by atoms with Crippen LogP contribution in [0.15, 0.2) is 0 Å². The molecule has 1 rings (SSSR count). The molecule has 1 fully saturated rings. The van der Waals surface area contributed by atoms with E-state index in [4.69, 9.17) is 0 Å². The molecule has 1 saturated heterocycles. The van der Waals surface area contributed by atoms with Crippen LogP contribution < -0.4 is 0 Å². The van der Waals surface area contributed by atoms with Crippen LogP contribution in [0.5, 0.6) is 0 Å². The van der Waals surface area contributed by atoms with Crippen LogP contribution in [-0.2, 0) is 0 Å². The molecule has 2 atom stereocenters. The summed E-state index contributed by atoms with van der Waals surface area (Å²) < 4.78 is 1.20. The van der Waals surface area contributed by atoms with E-state index in [-0.39, 0.29) is 0 Å². The minimum Gasteiger partial charge on any atom is -0.311 e. The van der Waals surface area contributed by atoms with Crippen molar-refractivity contribution in [2.24, 2.45) is 5.92 Å². The van der Waals surface area contributed by atoms with E-state index in [0.717, 1.165) is 12.0 Å². The average molecular weight is 142 g/mol. The highest BCUT2D eigenvalue weighted by atomic mass is 15.5. The topological polar surface area (TPSA) is 0 Å². The summed E-state index contributed by atoms with van der Waals surface area (Å²) >= 11 is 0. The van der Waals surface area contributed by atoms with Crippen molar-refractivity contribution >= 4 is 0 Å². The Bertz CT molecular complexity index is 149. The van der Waals surface area contributed by atoms with Crippen molar-refractivity contribution in [2.75, 3.05) is 14.1 Å². The van der Waals surface area contributed by atoms with Crippen molar-refractivity contribution < 1.29 is 4.48 Å². The second-order valence-corrected chi connectivity index (χ2v) is 4.60. The van der Waals surface area contributed by atoms with E-state index in [2.05, 4.69) is 41.8 Å². The van der Waals surface area contributed by atoms with Crippen LogP contribution in [0.1, 0.15) is 27.7 Å². The maximum Gasteiger partial charge on any atom is 0.151 e. The zero-order chi connectivity index (χ0) is 8.15. The predicted octanol–water partition coefficient (Wildman–Crippen LogP) is 1.88. The minimum absolute atomic E-state index is 0.542. The molecule has 1 heteroatoms. The van der Waals surface area contributed by atoms with E-state index in [9.17, 15) is 0 Å². The number of quaternary nitrogens is 1. The third kappa shape index (κ3) is 0.619. The second-order valence-electron chi connectivity index (χ2n) is 4.60. The third-order valence-corrected chi connectivity index (χ3v) is 4.16. The zero-order valence-corrected chi connectivity index (χ0v) is 8.10. The molecular weight excluding hydrogens is 122 g/mol. The van der Waals surface area contributed by atoms with Crippen LogP contribution in [0.2, 0.25) is 0 Å². The summed E-state index contributed by atoms with van der Waals surface area (Å²) in [4.78, 5) is 0. The molecule has 0 spiro atoms. The summed E-state index contributed by atoms with van der Waals surface area (Å²) in [5.74, 6) is 0.803. The highest BCUT2D eigenvalue weighted by molar-refractivity contribution is 4.98. The van der Waals surface area contributed by atoms with Gasteiger partial charge in [-0.1, -0.05) is 13.8 Å². The van der Waals surface area contributed by atoms with E-state index in [1.807, 2.05) is 0 Å². The van der Waals surface area contributed by atoms with E-state index >= 15 is 0 Å². The number of hydrogen-bond donors (Lipinski definition) is 0. The van der Waals surface area contributed by atoms with E-state index in [1.165, 1.54) is 4.48 Å². The van der Waals surface area contributed by atoms with Gasteiger partial charge in [-0.2, -0.15) is 0 Å². The van der Waals surface area contributed by atoms with Crippen molar-refractivity contribution in [1.82, 2.24) is 0 Å². The molecule has 0 aromatic carbocycles. The number of rotatable bonds is 1. The van der Waals surface area contributed by atoms with Gasteiger partial charge in [-0.3, -0.25) is 0 Å². The Morgan fingerprint density at radius 3 is 1.60 bits per heavy atom. The van der Waals surface area contributed by atoms with Gasteiger partial charge in [0.05, 0.1) is 14.1 Å². The molecule has 1 heterocycles. The van der Waals surface area contributed by atoms with Crippen LogP contribution in [0.25, 0.3) is 0 Å². The lowest BCUT2D eigenvalue weighted by atomic mass is 9.94. The maximum atomic E-state index is 2.39. The molecule has 10 heavy (non-hydrogen) atoms. The van der Waals surface area contributed by atoms with Gasteiger partial charge in [0, 0.05) is 5.92 Å². The molecule has 0 amide bonds. The first kappa shape index (κ1) is 8.06. The van der Waals surface area contributed by atoms with Gasteiger partial charge < -0.3 is 4.48 Å². The summed E-state index contributed by atoms with van der Waals surface area (Å²) in [6, 6.07) is 0.840. The summed E-state index contributed by atoms with van der Waals surface area (Å²) in [7, 11) is 4.65. The van der Waals surface area contributed by atoms with Crippen molar-refractivity contribution in [3.63, 3.8) is 0 Å². The summed E-state index contributed by atoms with van der Waals surface area (Å²) in [5.41, 5.74) is 0.542. The Balaban J connectivity index is 2.78. The maximum absolute atomic E-state index is 2.39. The van der Waals surface area contributed by atoms with Crippen molar-refractivity contribution in [1.29, 1.82) is 0 Å². The summed E-state index contributed by atoms with van der Waals surface area (Å²) in [5, 5.41) is 0. The van der Waals surface area contributed by atoms with Gasteiger partial charge in [0.2, 0.25) is 0 Å². The smallest absolute Gasteiger partial charge is 0.151 e. The minimum atomic E-state index is 0.542. The molecule has 0 aliphatic carbocycles. The number of hydrogen-bond acceptors (Lipinski definition) is 0. The predicted molar refractivity (Wildman–Crippen MR) is 44.8 cm³/mol. The fourth-order valence-corrected chi connectivity index (χ4v) is 2.31. The van der Waals surface area contributed by atoms with Crippen LogP contribution in [0.4, 0.5) is 0 Å². The molecule has 0 saturated carbocycles. The average Bonchev–Trinajstić information content (AvgIpc) is 2.16. The first-order valence-electron chi connectivity index (χ1n) is 4.19. The zero-order valence-electron chi connectivity index (χ0n) is 8.10. The molecule has 0 bridgehead atoms. The van der Waals surface area contributed by atoms with Crippen molar-refractivity contribution in [3.8, 4) is 0 Å². The Morgan fingerprint density at radius 1 is 1.30 bits per heavy atom. The van der Waals surface area contributed by atoms with Crippen LogP contribution in [0, 0.1) is 5.92 Å². The largest absolute Gasteiger partial charge is 0.311 e. The van der Waals surface area contributed by atoms with Crippen molar-refractivity contribution in [2.45, 2.75) is 39.3 Å². The fraction of sp³-hybridized carbons (Fsp3) is 1.00. The van der Waals surface area contributed by atoms with Crippen LogP contribution in [-0.4, -0.2) is 30.2 Å². The van der Waals surface area contributed by atoms with Gasteiger partial charge >= 0.3 is 0 Å². The number of likely N-dealkylation sites (N-methyl/N-ethyl adjacent to an activating group) is 1. The van der Waals surface area contributed by atoms with Crippen molar-refractivity contribution in [3.05, 3.63) is 0 Å².